The molecule has 0 radical (unpaired) electrons. The Morgan fingerprint density at radius 3 is 2.33 bits per heavy atom. The molecule has 1 aliphatic rings. The van der Waals surface area contributed by atoms with Gasteiger partial charge in [-0.05, 0) is 40.6 Å². The number of carbonyl (C=O) groups excluding carboxylic acids is 2. The van der Waals surface area contributed by atoms with Crippen molar-refractivity contribution in [1.29, 1.82) is 5.41 Å². The first kappa shape index (κ1) is 24.7. The van der Waals surface area contributed by atoms with E-state index in [2.05, 4.69) is 5.32 Å². The fraction of sp³-hybridized carbons (Fsp3) is 0.174. The normalized spacial score (nSPS) is 15.8. The molecule has 2 aromatic heterocycles. The highest BCUT2D eigenvalue weighted by atomic mass is 35.5. The maximum Gasteiger partial charge on any atom is 0.415 e. The molecule has 1 fully saturated rings. The quantitative estimate of drug-likeness (QED) is 0.248. The molecule has 5 rings (SSSR count). The highest BCUT2D eigenvalue weighted by molar-refractivity contribution is 7.17. The second kappa shape index (κ2) is 10.8. The maximum absolute atomic E-state index is 11.5. The van der Waals surface area contributed by atoms with Crippen LogP contribution in [0, 0.1) is 5.41 Å². The van der Waals surface area contributed by atoms with E-state index in [1.165, 1.54) is 11.3 Å². The van der Waals surface area contributed by atoms with E-state index < -0.39 is 24.2 Å². The molecule has 172 valence electrons. The number of rotatable bonds is 4. The zero-order valence-corrected chi connectivity index (χ0v) is 19.9. The first-order valence-electron chi connectivity index (χ1n) is 9.82. The van der Waals surface area contributed by atoms with Crippen LogP contribution >= 0.6 is 35.1 Å². The van der Waals surface area contributed by atoms with Crippen molar-refractivity contribution >= 4 is 73.2 Å². The van der Waals surface area contributed by atoms with Gasteiger partial charge in [0, 0.05) is 20.5 Å². The zero-order valence-electron chi connectivity index (χ0n) is 17.4. The number of ether oxygens (including phenoxy) is 2. The number of aliphatic hydroxyl groups excluding tert-OH is 1. The molecular formula is C23H21ClN2O5S2. The minimum absolute atomic E-state index is 0. The molecule has 33 heavy (non-hydrogen) atoms. The number of imide groups is 1. The third-order valence-corrected chi connectivity index (χ3v) is 6.80. The average molecular weight is 505 g/mol. The lowest BCUT2D eigenvalue weighted by Gasteiger charge is -2.11. The van der Waals surface area contributed by atoms with Crippen molar-refractivity contribution in [2.45, 2.75) is 19.1 Å². The highest BCUT2D eigenvalue weighted by Gasteiger charge is 2.35. The van der Waals surface area contributed by atoms with Crippen LogP contribution in [0.4, 0.5) is 4.79 Å². The molecule has 4 aromatic rings. The number of thiophene rings is 2. The molecule has 2 amide bonds. The van der Waals surface area contributed by atoms with Gasteiger partial charge in [0.1, 0.15) is 0 Å². The predicted molar refractivity (Wildman–Crippen MR) is 133 cm³/mol. The molecule has 2 atom stereocenters. The summed E-state index contributed by atoms with van der Waals surface area (Å²) in [7, 11) is 0. The molecular weight excluding hydrogens is 484 g/mol. The average Bonchev–Trinajstić information content (AvgIpc) is 3.50. The fourth-order valence-corrected chi connectivity index (χ4v) is 5.30. The second-order valence-electron chi connectivity index (χ2n) is 6.85. The summed E-state index contributed by atoms with van der Waals surface area (Å²) in [6.07, 6.45) is -2.44. The number of benzene rings is 2. The first-order valence-corrected chi connectivity index (χ1v) is 11.6. The molecule has 0 aliphatic carbocycles. The molecule has 2 unspecified atom stereocenters. The van der Waals surface area contributed by atoms with Gasteiger partial charge in [0.25, 0.3) is 5.91 Å². The minimum Gasteiger partial charge on any atom is -0.479 e. The Bertz CT molecular complexity index is 1300. The molecule has 0 spiro atoms. The Morgan fingerprint density at radius 2 is 1.70 bits per heavy atom. The largest absolute Gasteiger partial charge is 0.479 e. The van der Waals surface area contributed by atoms with E-state index in [-0.39, 0.29) is 18.3 Å². The van der Waals surface area contributed by atoms with Crippen molar-refractivity contribution in [2.75, 3.05) is 6.61 Å². The van der Waals surface area contributed by atoms with Crippen molar-refractivity contribution in [3.05, 3.63) is 70.4 Å². The van der Waals surface area contributed by atoms with Crippen molar-refractivity contribution in [2.24, 2.45) is 0 Å². The van der Waals surface area contributed by atoms with Gasteiger partial charge in [-0.25, -0.2) is 4.79 Å². The molecule has 3 heterocycles. The van der Waals surface area contributed by atoms with Crippen molar-refractivity contribution in [3.8, 4) is 0 Å². The van der Waals surface area contributed by atoms with Crippen LogP contribution in [-0.4, -0.2) is 29.6 Å². The fourth-order valence-electron chi connectivity index (χ4n) is 3.35. The van der Waals surface area contributed by atoms with Crippen LogP contribution in [0.2, 0.25) is 0 Å². The topological polar surface area (TPSA) is 109 Å². The summed E-state index contributed by atoms with van der Waals surface area (Å²) in [6.45, 7) is 2.20. The van der Waals surface area contributed by atoms with Gasteiger partial charge in [0.2, 0.25) is 12.0 Å². The van der Waals surface area contributed by atoms with E-state index in [4.69, 9.17) is 14.9 Å². The van der Waals surface area contributed by atoms with E-state index in [0.29, 0.717) is 6.61 Å². The summed E-state index contributed by atoms with van der Waals surface area (Å²) in [4.78, 5) is 22.4. The molecule has 1 aliphatic heterocycles. The number of cyclic esters (lactones) is 1. The van der Waals surface area contributed by atoms with Crippen LogP contribution in [-0.2, 0) is 14.3 Å². The minimum atomic E-state index is -0.962. The Balaban J connectivity index is 0.000000180. The van der Waals surface area contributed by atoms with Gasteiger partial charge < -0.3 is 14.6 Å². The Labute approximate surface area is 203 Å². The van der Waals surface area contributed by atoms with Gasteiger partial charge in [0.15, 0.2) is 6.10 Å². The summed E-state index contributed by atoms with van der Waals surface area (Å²) >= 11 is 3.10. The van der Waals surface area contributed by atoms with Crippen molar-refractivity contribution < 1.29 is 24.2 Å². The van der Waals surface area contributed by atoms with Crippen LogP contribution in [0.15, 0.2) is 59.3 Å². The molecule has 0 saturated carbocycles. The summed E-state index contributed by atoms with van der Waals surface area (Å²) in [5.74, 6) is -0.486. The summed E-state index contributed by atoms with van der Waals surface area (Å²) in [5.41, 5.74) is 1.50. The van der Waals surface area contributed by atoms with Crippen molar-refractivity contribution in [3.63, 3.8) is 0 Å². The lowest BCUT2D eigenvalue weighted by Crippen LogP contribution is -2.20. The number of amides is 2. The Morgan fingerprint density at radius 1 is 1.09 bits per heavy atom. The zero-order chi connectivity index (χ0) is 22.7. The third-order valence-electron chi connectivity index (χ3n) is 4.84. The first-order chi connectivity index (χ1) is 15.5. The highest BCUT2D eigenvalue weighted by Crippen LogP contribution is 2.33. The molecule has 0 bridgehead atoms. The van der Waals surface area contributed by atoms with E-state index in [1.54, 1.807) is 18.3 Å². The summed E-state index contributed by atoms with van der Waals surface area (Å²) in [6, 6.07) is 15.6. The van der Waals surface area contributed by atoms with Crippen molar-refractivity contribution in [1.82, 2.24) is 5.32 Å². The Kier molecular flexibility index (Phi) is 8.04. The summed E-state index contributed by atoms with van der Waals surface area (Å²) < 4.78 is 12.1. The van der Waals surface area contributed by atoms with E-state index in [0.717, 1.165) is 31.3 Å². The molecule has 3 N–H and O–H groups in total. The number of hydrogen-bond donors (Lipinski definition) is 3. The standard InChI is InChI=1S/C12H13NO2S.C11H7NO3S.ClH/c1-2-15-12(13)11(14)9-7-16-10-6-4-3-5-8(9)10;13-10-9(15-11(14)12-10)7-5-16-8-4-2-1-3-6(7)8;/h3-7,11,13-14H,2H2,1H3;1-5,9H,(H,12,13,14);1H. The van der Waals surface area contributed by atoms with E-state index in [1.807, 2.05) is 59.3 Å². The molecule has 1 saturated heterocycles. The van der Waals surface area contributed by atoms with Gasteiger partial charge in [0.05, 0.1) is 6.61 Å². The number of carbonyl (C=O) groups is 2. The lowest BCUT2D eigenvalue weighted by atomic mass is 10.1. The second-order valence-corrected chi connectivity index (χ2v) is 8.67. The van der Waals surface area contributed by atoms with Gasteiger partial charge in [-0.2, -0.15) is 0 Å². The number of aliphatic hydroxyl groups is 1. The monoisotopic (exact) mass is 504 g/mol. The van der Waals surface area contributed by atoms with Crippen LogP contribution in [0.25, 0.3) is 20.2 Å². The van der Waals surface area contributed by atoms with Gasteiger partial charge in [-0.1, -0.05) is 36.4 Å². The predicted octanol–water partition coefficient (Wildman–Crippen LogP) is 5.58. The number of hydrogen-bond acceptors (Lipinski definition) is 8. The number of alkyl carbamates (subject to hydrolysis) is 1. The molecule has 10 heteroatoms. The van der Waals surface area contributed by atoms with Crippen LogP contribution < -0.4 is 5.32 Å². The summed E-state index contributed by atoms with van der Waals surface area (Å²) in [5, 5.41) is 25.4. The van der Waals surface area contributed by atoms with Crippen LogP contribution in [0.3, 0.4) is 0 Å². The maximum atomic E-state index is 11.5. The van der Waals surface area contributed by atoms with Gasteiger partial charge in [-0.15, -0.1) is 35.1 Å². The van der Waals surface area contributed by atoms with E-state index >= 15 is 0 Å². The van der Waals surface area contributed by atoms with Crippen LogP contribution in [0.5, 0.6) is 0 Å². The Hall–Kier alpha value is -2.98. The van der Waals surface area contributed by atoms with E-state index in [9.17, 15) is 14.7 Å². The molecule has 7 nitrogen and oxygen atoms in total. The van der Waals surface area contributed by atoms with Gasteiger partial charge in [-0.3, -0.25) is 15.5 Å². The number of fused-ring (bicyclic) bond motifs is 2. The molecule has 2 aromatic carbocycles. The van der Waals surface area contributed by atoms with Gasteiger partial charge >= 0.3 is 6.09 Å². The lowest BCUT2D eigenvalue weighted by molar-refractivity contribution is -0.123. The third kappa shape index (κ3) is 5.17. The number of halogens is 1. The van der Waals surface area contributed by atoms with Crippen LogP contribution in [0.1, 0.15) is 30.3 Å². The smallest absolute Gasteiger partial charge is 0.415 e. The SMILES string of the molecule is CCOC(=N)C(O)c1csc2ccccc12.Cl.O=C1NC(=O)C(c2csc3ccccc23)O1. The number of nitrogens with one attached hydrogen (secondary N) is 2.